The first-order valence-corrected chi connectivity index (χ1v) is 9.12. The highest BCUT2D eigenvalue weighted by Gasteiger charge is 2.49. The van der Waals surface area contributed by atoms with Crippen LogP contribution in [0.5, 0.6) is 5.75 Å². The first-order valence-electron chi connectivity index (χ1n) is 7.71. The third-order valence-electron chi connectivity index (χ3n) is 4.27. The molecular formula is C15H17F3N2O4S. The summed E-state index contributed by atoms with van der Waals surface area (Å²) >= 11 is 0. The lowest BCUT2D eigenvalue weighted by molar-refractivity contribution is -0.0499. The molecule has 1 aliphatic heterocycles. The number of fused-ring (bicyclic) bond motifs is 1. The van der Waals surface area contributed by atoms with E-state index in [0.717, 1.165) is 19.3 Å². The Morgan fingerprint density at radius 3 is 2.64 bits per heavy atom. The van der Waals surface area contributed by atoms with Crippen LogP contribution >= 0.6 is 0 Å². The van der Waals surface area contributed by atoms with E-state index in [2.05, 4.69) is 9.28 Å². The predicted molar refractivity (Wildman–Crippen MR) is 83.6 cm³/mol. The SMILES string of the molecule is Cc1cc2c(cnn2C2CCCCO2)c(OS(=O)(=O)C(F)(F)F)c1C. The van der Waals surface area contributed by atoms with Crippen LogP contribution in [0, 0.1) is 13.8 Å². The van der Waals surface area contributed by atoms with Crippen LogP contribution in [-0.4, -0.2) is 30.3 Å². The molecule has 1 aromatic carbocycles. The van der Waals surface area contributed by atoms with E-state index in [9.17, 15) is 21.6 Å². The summed E-state index contributed by atoms with van der Waals surface area (Å²) in [4.78, 5) is 0. The topological polar surface area (TPSA) is 70.4 Å². The Bertz CT molecular complexity index is 900. The molecule has 0 spiro atoms. The van der Waals surface area contributed by atoms with Gasteiger partial charge in [-0.25, -0.2) is 4.68 Å². The third kappa shape index (κ3) is 3.20. The fraction of sp³-hybridized carbons (Fsp3) is 0.533. The van der Waals surface area contributed by atoms with Gasteiger partial charge in [0.2, 0.25) is 0 Å². The van der Waals surface area contributed by atoms with Gasteiger partial charge < -0.3 is 8.92 Å². The van der Waals surface area contributed by atoms with Crippen molar-refractivity contribution in [2.24, 2.45) is 0 Å². The zero-order chi connectivity index (χ0) is 18.4. The van der Waals surface area contributed by atoms with E-state index in [-0.39, 0.29) is 17.4 Å². The Morgan fingerprint density at radius 2 is 2.04 bits per heavy atom. The van der Waals surface area contributed by atoms with Crippen LogP contribution in [-0.2, 0) is 14.9 Å². The van der Waals surface area contributed by atoms with Crippen molar-refractivity contribution in [1.29, 1.82) is 0 Å². The molecule has 0 aliphatic carbocycles. The molecule has 2 heterocycles. The van der Waals surface area contributed by atoms with Crippen molar-refractivity contribution in [3.63, 3.8) is 0 Å². The van der Waals surface area contributed by atoms with Crippen LogP contribution in [0.1, 0.15) is 36.6 Å². The molecule has 0 bridgehead atoms. The minimum absolute atomic E-state index is 0.199. The minimum atomic E-state index is -5.77. The summed E-state index contributed by atoms with van der Waals surface area (Å²) in [6.45, 7) is 3.74. The second-order valence-electron chi connectivity index (χ2n) is 5.97. The molecule has 3 rings (SSSR count). The van der Waals surface area contributed by atoms with Gasteiger partial charge in [0.25, 0.3) is 0 Å². The molecule has 0 radical (unpaired) electrons. The lowest BCUT2D eigenvalue weighted by Gasteiger charge is -2.23. The summed E-state index contributed by atoms with van der Waals surface area (Å²) in [5.74, 6) is -0.352. The molecule has 6 nitrogen and oxygen atoms in total. The fourth-order valence-electron chi connectivity index (χ4n) is 2.80. The van der Waals surface area contributed by atoms with Gasteiger partial charge in [0, 0.05) is 6.61 Å². The molecule has 10 heteroatoms. The normalized spacial score (nSPS) is 19.3. The molecule has 1 saturated heterocycles. The largest absolute Gasteiger partial charge is 0.534 e. The highest BCUT2D eigenvalue weighted by atomic mass is 32.2. The number of halogens is 3. The zero-order valence-corrected chi connectivity index (χ0v) is 14.4. The molecule has 0 amide bonds. The van der Waals surface area contributed by atoms with Crippen molar-refractivity contribution in [3.8, 4) is 5.75 Å². The number of ether oxygens (including phenoxy) is 1. The van der Waals surface area contributed by atoms with Crippen molar-refractivity contribution in [3.05, 3.63) is 23.4 Å². The lowest BCUT2D eigenvalue weighted by atomic mass is 10.1. The Balaban J connectivity index is 2.12. The van der Waals surface area contributed by atoms with E-state index < -0.39 is 15.6 Å². The lowest BCUT2D eigenvalue weighted by Crippen LogP contribution is -2.28. The molecule has 25 heavy (non-hydrogen) atoms. The maximum atomic E-state index is 12.7. The molecule has 1 aromatic heterocycles. The van der Waals surface area contributed by atoms with E-state index in [1.807, 2.05) is 0 Å². The molecule has 1 fully saturated rings. The molecule has 2 aromatic rings. The quantitative estimate of drug-likeness (QED) is 0.603. The number of alkyl halides is 3. The minimum Gasteiger partial charge on any atom is -0.375 e. The fourth-order valence-corrected chi connectivity index (χ4v) is 3.32. The van der Waals surface area contributed by atoms with Crippen molar-refractivity contribution >= 4 is 21.0 Å². The molecule has 1 unspecified atom stereocenters. The number of aryl methyl sites for hydroxylation is 1. The third-order valence-corrected chi connectivity index (χ3v) is 5.22. The molecule has 1 atom stereocenters. The average molecular weight is 378 g/mol. The van der Waals surface area contributed by atoms with Crippen LogP contribution in [0.25, 0.3) is 10.9 Å². The van der Waals surface area contributed by atoms with Gasteiger partial charge in [0.15, 0.2) is 12.0 Å². The van der Waals surface area contributed by atoms with Crippen molar-refractivity contribution in [2.45, 2.75) is 44.8 Å². The Kier molecular flexibility index (Phi) is 4.44. The van der Waals surface area contributed by atoms with E-state index in [1.165, 1.54) is 13.1 Å². The summed E-state index contributed by atoms with van der Waals surface area (Å²) < 4.78 is 72.6. The van der Waals surface area contributed by atoms with Gasteiger partial charge in [-0.3, -0.25) is 0 Å². The highest BCUT2D eigenvalue weighted by molar-refractivity contribution is 7.88. The molecule has 138 valence electrons. The number of nitrogens with zero attached hydrogens (tertiary/aromatic N) is 2. The first-order chi connectivity index (χ1) is 11.6. The average Bonchev–Trinajstić information content (AvgIpc) is 2.95. The molecular weight excluding hydrogens is 361 g/mol. The highest BCUT2D eigenvalue weighted by Crippen LogP contribution is 2.37. The second kappa shape index (κ2) is 6.17. The van der Waals surface area contributed by atoms with Gasteiger partial charge in [-0.05, 0) is 50.3 Å². The summed E-state index contributed by atoms with van der Waals surface area (Å²) in [5.41, 5.74) is -4.12. The van der Waals surface area contributed by atoms with Gasteiger partial charge in [-0.15, -0.1) is 0 Å². The van der Waals surface area contributed by atoms with Gasteiger partial charge in [-0.1, -0.05) is 0 Å². The van der Waals surface area contributed by atoms with E-state index in [0.29, 0.717) is 23.3 Å². The molecule has 0 N–H and O–H groups in total. The van der Waals surface area contributed by atoms with Gasteiger partial charge in [0.05, 0.1) is 17.1 Å². The van der Waals surface area contributed by atoms with E-state index >= 15 is 0 Å². The van der Waals surface area contributed by atoms with Gasteiger partial charge in [0.1, 0.15) is 0 Å². The summed E-state index contributed by atoms with van der Waals surface area (Å²) in [6.07, 6.45) is 3.58. The second-order valence-corrected chi connectivity index (χ2v) is 7.51. The number of benzene rings is 1. The van der Waals surface area contributed by atoms with Crippen LogP contribution in [0.2, 0.25) is 0 Å². The predicted octanol–water partition coefficient (Wildman–Crippen LogP) is 3.58. The number of aromatic nitrogens is 2. The Morgan fingerprint density at radius 1 is 1.32 bits per heavy atom. The maximum absolute atomic E-state index is 12.7. The monoisotopic (exact) mass is 378 g/mol. The summed E-state index contributed by atoms with van der Waals surface area (Å²) in [5, 5.41) is 4.39. The van der Waals surface area contributed by atoms with Crippen LogP contribution in [0.4, 0.5) is 13.2 Å². The number of hydrogen-bond acceptors (Lipinski definition) is 5. The standard InChI is InChI=1S/C15H17F3N2O4S/c1-9-7-12-11(8-19-20(12)13-5-3-4-6-23-13)14(10(9)2)24-25(21,22)15(16,17)18/h7-8,13H,3-6H2,1-2H3. The molecule has 1 aliphatic rings. The van der Waals surface area contributed by atoms with Crippen LogP contribution in [0.15, 0.2) is 12.3 Å². The first kappa shape index (κ1) is 18.0. The van der Waals surface area contributed by atoms with Crippen LogP contribution in [0.3, 0.4) is 0 Å². The number of hydrogen-bond donors (Lipinski definition) is 0. The maximum Gasteiger partial charge on any atom is 0.534 e. The summed E-state index contributed by atoms with van der Waals surface area (Å²) in [7, 11) is -5.77. The smallest absolute Gasteiger partial charge is 0.375 e. The van der Waals surface area contributed by atoms with E-state index in [4.69, 9.17) is 4.74 Å². The van der Waals surface area contributed by atoms with Gasteiger partial charge in [-0.2, -0.15) is 26.7 Å². The van der Waals surface area contributed by atoms with Crippen molar-refractivity contribution in [2.75, 3.05) is 6.61 Å². The van der Waals surface area contributed by atoms with Gasteiger partial charge >= 0.3 is 15.6 Å². The van der Waals surface area contributed by atoms with Crippen molar-refractivity contribution in [1.82, 2.24) is 9.78 Å². The zero-order valence-electron chi connectivity index (χ0n) is 13.6. The Labute approximate surface area is 142 Å². The van der Waals surface area contributed by atoms with Crippen molar-refractivity contribution < 1.29 is 30.5 Å². The number of rotatable bonds is 3. The van der Waals surface area contributed by atoms with E-state index in [1.54, 1.807) is 17.7 Å². The summed E-state index contributed by atoms with van der Waals surface area (Å²) in [6, 6.07) is 1.74. The Hall–Kier alpha value is -1.81. The molecule has 0 saturated carbocycles. The van der Waals surface area contributed by atoms with Crippen LogP contribution < -0.4 is 4.18 Å².